The fourth-order valence-corrected chi connectivity index (χ4v) is 3.19. The lowest BCUT2D eigenvalue weighted by atomic mass is 9.95. The van der Waals surface area contributed by atoms with Gasteiger partial charge in [0.25, 0.3) is 0 Å². The van der Waals surface area contributed by atoms with E-state index in [1.807, 2.05) is 11.8 Å². The van der Waals surface area contributed by atoms with Crippen molar-refractivity contribution in [1.29, 1.82) is 0 Å². The number of alkyl halides is 2. The molecule has 1 saturated heterocycles. The van der Waals surface area contributed by atoms with Gasteiger partial charge in [-0.05, 0) is 37.8 Å². The molecular formula is C18H25F3N4O2. The van der Waals surface area contributed by atoms with Gasteiger partial charge < -0.3 is 20.7 Å². The van der Waals surface area contributed by atoms with Gasteiger partial charge in [0.1, 0.15) is 11.6 Å². The average Bonchev–Trinajstić information content (AvgIpc) is 2.59. The summed E-state index contributed by atoms with van der Waals surface area (Å²) in [6.07, 6.45) is 2.08. The molecule has 0 radical (unpaired) electrons. The van der Waals surface area contributed by atoms with Crippen LogP contribution in [0.4, 0.5) is 13.2 Å². The van der Waals surface area contributed by atoms with Gasteiger partial charge >= 0.3 is 6.61 Å². The van der Waals surface area contributed by atoms with Crippen LogP contribution in [0.15, 0.2) is 23.2 Å². The molecule has 1 aliphatic rings. The lowest BCUT2D eigenvalue weighted by Crippen LogP contribution is -2.47. The van der Waals surface area contributed by atoms with Crippen LogP contribution in [0.1, 0.15) is 31.7 Å². The van der Waals surface area contributed by atoms with E-state index in [0.29, 0.717) is 25.5 Å². The van der Waals surface area contributed by atoms with Crippen molar-refractivity contribution in [1.82, 2.24) is 10.2 Å². The third-order valence-corrected chi connectivity index (χ3v) is 4.32. The van der Waals surface area contributed by atoms with Gasteiger partial charge in [-0.3, -0.25) is 4.79 Å². The van der Waals surface area contributed by atoms with E-state index < -0.39 is 12.4 Å². The second kappa shape index (κ2) is 10.0. The largest absolute Gasteiger partial charge is 0.434 e. The summed E-state index contributed by atoms with van der Waals surface area (Å²) in [5, 5.41) is 3.12. The van der Waals surface area contributed by atoms with Crippen molar-refractivity contribution < 1.29 is 22.7 Å². The molecule has 3 N–H and O–H groups in total. The van der Waals surface area contributed by atoms with Crippen LogP contribution in [0.25, 0.3) is 0 Å². The number of benzene rings is 1. The maximum Gasteiger partial charge on any atom is 0.387 e. The summed E-state index contributed by atoms with van der Waals surface area (Å²) < 4.78 is 43.6. The number of likely N-dealkylation sites (tertiary alicyclic amines) is 1. The Labute approximate surface area is 156 Å². The first-order valence-electron chi connectivity index (χ1n) is 8.94. The molecule has 1 aromatic rings. The molecule has 0 saturated carbocycles. The topological polar surface area (TPSA) is 80.0 Å². The average molecular weight is 386 g/mol. The highest BCUT2D eigenvalue weighted by molar-refractivity contribution is 5.80. The third-order valence-electron chi connectivity index (χ3n) is 4.32. The first kappa shape index (κ1) is 20.9. The Morgan fingerprint density at radius 2 is 2.26 bits per heavy atom. The van der Waals surface area contributed by atoms with Crippen molar-refractivity contribution in [2.24, 2.45) is 16.6 Å². The van der Waals surface area contributed by atoms with Gasteiger partial charge in [0.2, 0.25) is 5.91 Å². The summed E-state index contributed by atoms with van der Waals surface area (Å²) in [5.74, 6) is -0.555. The number of halogens is 3. The van der Waals surface area contributed by atoms with E-state index in [4.69, 9.17) is 5.73 Å². The predicted octanol–water partition coefficient (Wildman–Crippen LogP) is 2.48. The minimum absolute atomic E-state index is 0.0288. The number of carbonyl (C=O) groups excluding carboxylic acids is 1. The molecule has 150 valence electrons. The maximum absolute atomic E-state index is 14.1. The molecule has 1 aromatic carbocycles. The summed E-state index contributed by atoms with van der Waals surface area (Å²) in [5.41, 5.74) is 5.26. The van der Waals surface area contributed by atoms with Gasteiger partial charge in [-0.15, -0.1) is 0 Å². The molecule has 0 aliphatic carbocycles. The molecule has 0 spiro atoms. The molecule has 6 nitrogen and oxygen atoms in total. The van der Waals surface area contributed by atoms with Crippen molar-refractivity contribution in [3.63, 3.8) is 0 Å². The number of nitrogens with one attached hydrogen (secondary N) is 1. The zero-order chi connectivity index (χ0) is 19.8. The van der Waals surface area contributed by atoms with Gasteiger partial charge in [0.15, 0.2) is 5.96 Å². The number of aliphatic imine (C=N–C) groups is 1. The van der Waals surface area contributed by atoms with Crippen LogP contribution in [0.2, 0.25) is 0 Å². The molecule has 9 heteroatoms. The molecule has 0 aromatic heterocycles. The minimum atomic E-state index is -3.04. The van der Waals surface area contributed by atoms with Crippen molar-refractivity contribution in [2.45, 2.75) is 39.3 Å². The number of guanidine groups is 1. The number of amides is 1. The number of hydrogen-bond acceptors (Lipinski definition) is 3. The maximum atomic E-state index is 14.1. The third kappa shape index (κ3) is 6.33. The van der Waals surface area contributed by atoms with Crippen LogP contribution in [0, 0.1) is 11.7 Å². The smallest absolute Gasteiger partial charge is 0.387 e. The van der Waals surface area contributed by atoms with Crippen LogP contribution < -0.4 is 15.8 Å². The van der Waals surface area contributed by atoms with Crippen LogP contribution in [-0.2, 0) is 11.3 Å². The van der Waals surface area contributed by atoms with Gasteiger partial charge in [-0.25, -0.2) is 9.38 Å². The summed E-state index contributed by atoms with van der Waals surface area (Å²) in [6, 6.07) is 3.78. The van der Waals surface area contributed by atoms with Crippen molar-refractivity contribution in [3.8, 4) is 5.75 Å². The molecule has 27 heavy (non-hydrogen) atoms. The standard InChI is InChI=1S/C18H25F3N4O2/c1-2-23-18(25-8-4-5-12(11-25)9-16(22)26)24-10-13-14(19)6-3-7-15(13)27-17(20)21/h3,6-7,12,17H,2,4-5,8-11H2,1H3,(H2,22,26)(H,23,24). The van der Waals surface area contributed by atoms with E-state index >= 15 is 0 Å². The number of hydrogen-bond donors (Lipinski definition) is 2. The lowest BCUT2D eigenvalue weighted by molar-refractivity contribution is -0.119. The molecule has 1 unspecified atom stereocenters. The van der Waals surface area contributed by atoms with Gasteiger partial charge in [-0.1, -0.05) is 6.07 Å². The second-order valence-electron chi connectivity index (χ2n) is 6.39. The Bertz CT molecular complexity index is 670. The molecule has 1 aliphatic heterocycles. The van der Waals surface area contributed by atoms with E-state index in [2.05, 4.69) is 15.0 Å². The zero-order valence-corrected chi connectivity index (χ0v) is 15.3. The number of carbonyl (C=O) groups is 1. The summed E-state index contributed by atoms with van der Waals surface area (Å²) in [4.78, 5) is 17.6. The molecule has 2 rings (SSSR count). The summed E-state index contributed by atoms with van der Waals surface area (Å²) >= 11 is 0. The molecule has 1 heterocycles. The quantitative estimate of drug-likeness (QED) is 0.557. The van der Waals surface area contributed by atoms with Gasteiger partial charge in [0, 0.05) is 26.1 Å². The van der Waals surface area contributed by atoms with Crippen LogP contribution in [0.3, 0.4) is 0 Å². The van der Waals surface area contributed by atoms with E-state index in [1.165, 1.54) is 18.2 Å². The number of piperidine rings is 1. The Hall–Kier alpha value is -2.45. The molecule has 0 bridgehead atoms. The van der Waals surface area contributed by atoms with Gasteiger partial charge in [0.05, 0.1) is 12.1 Å². The minimum Gasteiger partial charge on any atom is -0.434 e. The fourth-order valence-electron chi connectivity index (χ4n) is 3.19. The fraction of sp³-hybridized carbons (Fsp3) is 0.556. The predicted molar refractivity (Wildman–Crippen MR) is 96.0 cm³/mol. The first-order chi connectivity index (χ1) is 12.9. The molecular weight excluding hydrogens is 361 g/mol. The van der Waals surface area contributed by atoms with Gasteiger partial charge in [-0.2, -0.15) is 8.78 Å². The van der Waals surface area contributed by atoms with Crippen molar-refractivity contribution in [2.75, 3.05) is 19.6 Å². The van der Waals surface area contributed by atoms with E-state index in [0.717, 1.165) is 19.4 Å². The number of nitrogens with two attached hydrogens (primary N) is 1. The Morgan fingerprint density at radius 3 is 2.93 bits per heavy atom. The highest BCUT2D eigenvalue weighted by Gasteiger charge is 2.24. The number of rotatable bonds is 7. The summed E-state index contributed by atoms with van der Waals surface area (Å²) in [7, 11) is 0. The van der Waals surface area contributed by atoms with Crippen molar-refractivity contribution in [3.05, 3.63) is 29.6 Å². The number of primary amides is 1. The van der Waals surface area contributed by atoms with E-state index in [-0.39, 0.29) is 29.7 Å². The van der Waals surface area contributed by atoms with Crippen LogP contribution in [-0.4, -0.2) is 43.0 Å². The van der Waals surface area contributed by atoms with Crippen molar-refractivity contribution >= 4 is 11.9 Å². The Balaban J connectivity index is 2.17. The monoisotopic (exact) mass is 386 g/mol. The Kier molecular flexibility index (Phi) is 7.75. The van der Waals surface area contributed by atoms with Crippen LogP contribution >= 0.6 is 0 Å². The summed E-state index contributed by atoms with van der Waals surface area (Å²) in [6.45, 7) is 0.640. The highest BCUT2D eigenvalue weighted by Crippen LogP contribution is 2.25. The SMILES string of the molecule is CCNC(=NCc1c(F)cccc1OC(F)F)N1CCCC(CC(N)=O)C1. The molecule has 1 fully saturated rings. The zero-order valence-electron chi connectivity index (χ0n) is 15.3. The normalized spacial score (nSPS) is 17.9. The highest BCUT2D eigenvalue weighted by atomic mass is 19.3. The molecule has 1 amide bonds. The number of ether oxygens (including phenoxy) is 1. The lowest BCUT2D eigenvalue weighted by Gasteiger charge is -2.34. The Morgan fingerprint density at radius 1 is 1.48 bits per heavy atom. The molecule has 1 atom stereocenters. The van der Waals surface area contributed by atoms with E-state index in [1.54, 1.807) is 0 Å². The number of nitrogens with zero attached hydrogens (tertiary/aromatic N) is 2. The van der Waals surface area contributed by atoms with E-state index in [9.17, 15) is 18.0 Å². The first-order valence-corrected chi connectivity index (χ1v) is 8.94. The van der Waals surface area contributed by atoms with Crippen LogP contribution in [0.5, 0.6) is 5.75 Å². The second-order valence-corrected chi connectivity index (χ2v) is 6.39.